The number of benzene rings is 1. The highest BCUT2D eigenvalue weighted by atomic mass is 16.1. The Bertz CT molecular complexity index is 838. The van der Waals surface area contributed by atoms with Crippen LogP contribution in [0.3, 0.4) is 0 Å². The zero-order valence-electron chi connectivity index (χ0n) is 12.4. The maximum atomic E-state index is 10.2. The van der Waals surface area contributed by atoms with Crippen LogP contribution in [0.2, 0.25) is 0 Å². The van der Waals surface area contributed by atoms with Gasteiger partial charge in [-0.05, 0) is 44.2 Å². The van der Waals surface area contributed by atoms with Crippen molar-refractivity contribution in [2.45, 2.75) is 20.4 Å². The summed E-state index contributed by atoms with van der Waals surface area (Å²) < 4.78 is 3.73. The minimum atomic E-state index is 0.575. The van der Waals surface area contributed by atoms with Crippen LogP contribution < -0.4 is 0 Å². The first-order chi connectivity index (χ1) is 10.7. The van der Waals surface area contributed by atoms with Crippen LogP contribution in [0, 0.1) is 6.92 Å². The number of aryl methyl sites for hydroxylation is 1. The van der Waals surface area contributed by atoms with Gasteiger partial charge in [-0.25, -0.2) is 9.48 Å². The standard InChI is InChI=1S/C16H15N5O/c1-3-20-12(2)15(10-18-20)16-8-9-21(19-16)14-6-4-13(5-7-14)17-11-22/h4-10H,3H2,1-2H3. The lowest BCUT2D eigenvalue weighted by Gasteiger charge is -2.02. The predicted octanol–water partition coefficient (Wildman–Crippen LogP) is 3.03. The molecule has 6 heteroatoms. The van der Waals surface area contributed by atoms with Gasteiger partial charge in [0.05, 0.1) is 23.3 Å². The van der Waals surface area contributed by atoms with Crippen LogP contribution in [0.15, 0.2) is 47.7 Å². The number of nitrogens with zero attached hydrogens (tertiary/aromatic N) is 5. The molecule has 3 rings (SSSR count). The van der Waals surface area contributed by atoms with E-state index in [1.165, 1.54) is 6.08 Å². The summed E-state index contributed by atoms with van der Waals surface area (Å²) in [6, 6.07) is 9.18. The number of hydrogen-bond acceptors (Lipinski definition) is 4. The molecule has 0 aliphatic heterocycles. The van der Waals surface area contributed by atoms with Gasteiger partial charge in [0.2, 0.25) is 6.08 Å². The monoisotopic (exact) mass is 293 g/mol. The Balaban J connectivity index is 1.93. The van der Waals surface area contributed by atoms with Crippen LogP contribution in [0.25, 0.3) is 16.9 Å². The van der Waals surface area contributed by atoms with E-state index in [1.807, 2.05) is 42.2 Å². The summed E-state index contributed by atoms with van der Waals surface area (Å²) in [5.41, 5.74) is 4.49. The second-order valence-electron chi connectivity index (χ2n) is 4.82. The highest BCUT2D eigenvalue weighted by molar-refractivity contribution is 5.61. The molecule has 0 bridgehead atoms. The predicted molar refractivity (Wildman–Crippen MR) is 83.0 cm³/mol. The van der Waals surface area contributed by atoms with E-state index in [4.69, 9.17) is 0 Å². The molecule has 0 unspecified atom stereocenters. The van der Waals surface area contributed by atoms with Crippen molar-refractivity contribution in [1.29, 1.82) is 0 Å². The Morgan fingerprint density at radius 3 is 2.64 bits per heavy atom. The van der Waals surface area contributed by atoms with Gasteiger partial charge < -0.3 is 0 Å². The Morgan fingerprint density at radius 1 is 1.23 bits per heavy atom. The van der Waals surface area contributed by atoms with Gasteiger partial charge in [-0.2, -0.15) is 15.2 Å². The van der Waals surface area contributed by atoms with Crippen molar-refractivity contribution in [3.63, 3.8) is 0 Å². The summed E-state index contributed by atoms with van der Waals surface area (Å²) in [6.07, 6.45) is 5.27. The van der Waals surface area contributed by atoms with Gasteiger partial charge in [0, 0.05) is 24.0 Å². The lowest BCUT2D eigenvalue weighted by molar-refractivity contribution is 0.565. The van der Waals surface area contributed by atoms with Crippen molar-refractivity contribution < 1.29 is 4.79 Å². The Labute approximate surface area is 127 Å². The molecule has 3 aromatic rings. The topological polar surface area (TPSA) is 65.1 Å². The highest BCUT2D eigenvalue weighted by Crippen LogP contribution is 2.22. The van der Waals surface area contributed by atoms with E-state index in [9.17, 15) is 4.79 Å². The Hall–Kier alpha value is -2.98. The van der Waals surface area contributed by atoms with Crippen LogP contribution in [0.1, 0.15) is 12.6 Å². The molecule has 22 heavy (non-hydrogen) atoms. The average Bonchev–Trinajstić information content (AvgIpc) is 3.15. The molecule has 0 N–H and O–H groups in total. The maximum absolute atomic E-state index is 10.2. The summed E-state index contributed by atoms with van der Waals surface area (Å²) in [4.78, 5) is 13.8. The van der Waals surface area contributed by atoms with E-state index < -0.39 is 0 Å². The number of carbonyl (C=O) groups excluding carboxylic acids is 1. The fourth-order valence-electron chi connectivity index (χ4n) is 2.36. The minimum absolute atomic E-state index is 0.575. The van der Waals surface area contributed by atoms with Crippen molar-refractivity contribution in [2.24, 2.45) is 4.99 Å². The smallest absolute Gasteiger partial charge is 0.240 e. The highest BCUT2D eigenvalue weighted by Gasteiger charge is 2.10. The summed E-state index contributed by atoms with van der Waals surface area (Å²) in [5, 5.41) is 8.93. The summed E-state index contributed by atoms with van der Waals surface area (Å²) in [5.74, 6) is 0. The van der Waals surface area contributed by atoms with Crippen LogP contribution >= 0.6 is 0 Å². The van der Waals surface area contributed by atoms with Crippen molar-refractivity contribution in [3.8, 4) is 16.9 Å². The second-order valence-corrected chi connectivity index (χ2v) is 4.82. The van der Waals surface area contributed by atoms with Crippen molar-refractivity contribution in [2.75, 3.05) is 0 Å². The molecule has 0 saturated heterocycles. The quantitative estimate of drug-likeness (QED) is 0.548. The fourth-order valence-corrected chi connectivity index (χ4v) is 2.36. The number of hydrogen-bond donors (Lipinski definition) is 0. The molecule has 110 valence electrons. The van der Waals surface area contributed by atoms with E-state index >= 15 is 0 Å². The van der Waals surface area contributed by atoms with Crippen molar-refractivity contribution >= 4 is 11.8 Å². The number of aromatic nitrogens is 4. The van der Waals surface area contributed by atoms with E-state index in [2.05, 4.69) is 22.1 Å². The molecule has 0 atom stereocenters. The fraction of sp³-hybridized carbons (Fsp3) is 0.188. The van der Waals surface area contributed by atoms with Gasteiger partial charge in [0.1, 0.15) is 0 Å². The molecule has 2 aromatic heterocycles. The molecule has 6 nitrogen and oxygen atoms in total. The molecule has 0 spiro atoms. The maximum Gasteiger partial charge on any atom is 0.240 e. The number of isocyanates is 1. The Kier molecular flexibility index (Phi) is 3.68. The molecule has 0 radical (unpaired) electrons. The van der Waals surface area contributed by atoms with Crippen LogP contribution in [-0.4, -0.2) is 25.6 Å². The van der Waals surface area contributed by atoms with E-state index in [-0.39, 0.29) is 0 Å². The largest absolute Gasteiger partial charge is 0.269 e. The minimum Gasteiger partial charge on any atom is -0.269 e. The SMILES string of the molecule is CCn1ncc(-c2ccn(-c3ccc(N=C=O)cc3)n2)c1C. The van der Waals surface area contributed by atoms with Gasteiger partial charge in [0.25, 0.3) is 0 Å². The molecule has 0 amide bonds. The molecular weight excluding hydrogens is 278 g/mol. The van der Waals surface area contributed by atoms with Gasteiger partial charge in [0.15, 0.2) is 0 Å². The van der Waals surface area contributed by atoms with Gasteiger partial charge in [-0.3, -0.25) is 4.68 Å². The van der Waals surface area contributed by atoms with Gasteiger partial charge >= 0.3 is 0 Å². The average molecular weight is 293 g/mol. The van der Waals surface area contributed by atoms with Crippen molar-refractivity contribution in [1.82, 2.24) is 19.6 Å². The third kappa shape index (κ3) is 2.47. The van der Waals surface area contributed by atoms with Crippen LogP contribution in [0.5, 0.6) is 0 Å². The molecule has 0 aliphatic rings. The lowest BCUT2D eigenvalue weighted by Crippen LogP contribution is -1.98. The van der Waals surface area contributed by atoms with Gasteiger partial charge in [-0.1, -0.05) is 0 Å². The number of rotatable bonds is 4. The van der Waals surface area contributed by atoms with E-state index in [0.29, 0.717) is 5.69 Å². The zero-order valence-corrected chi connectivity index (χ0v) is 12.4. The molecule has 0 fully saturated rings. The summed E-state index contributed by atoms with van der Waals surface area (Å²) in [7, 11) is 0. The third-order valence-corrected chi connectivity index (χ3v) is 3.56. The lowest BCUT2D eigenvalue weighted by atomic mass is 10.2. The second kappa shape index (κ2) is 5.79. The summed E-state index contributed by atoms with van der Waals surface area (Å²) in [6.45, 7) is 4.94. The van der Waals surface area contributed by atoms with Gasteiger partial charge in [-0.15, -0.1) is 0 Å². The van der Waals surface area contributed by atoms with Crippen LogP contribution in [0.4, 0.5) is 5.69 Å². The van der Waals surface area contributed by atoms with E-state index in [1.54, 1.807) is 16.8 Å². The molecule has 0 saturated carbocycles. The zero-order chi connectivity index (χ0) is 15.5. The normalized spacial score (nSPS) is 10.5. The first-order valence-electron chi connectivity index (χ1n) is 6.99. The van der Waals surface area contributed by atoms with Crippen molar-refractivity contribution in [3.05, 3.63) is 48.4 Å². The molecule has 1 aromatic carbocycles. The summed E-state index contributed by atoms with van der Waals surface area (Å²) >= 11 is 0. The van der Waals surface area contributed by atoms with E-state index in [0.717, 1.165) is 29.2 Å². The third-order valence-electron chi connectivity index (χ3n) is 3.56. The van der Waals surface area contributed by atoms with Crippen LogP contribution in [-0.2, 0) is 11.3 Å². The molecule has 2 heterocycles. The Morgan fingerprint density at radius 2 is 2.00 bits per heavy atom. The first kappa shape index (κ1) is 14.0. The molecular formula is C16H15N5O. The molecule has 0 aliphatic carbocycles. The first-order valence-corrected chi connectivity index (χ1v) is 6.99. The number of aliphatic imine (C=N–C) groups is 1.